The fourth-order valence-corrected chi connectivity index (χ4v) is 2.21. The van der Waals surface area contributed by atoms with Crippen LogP contribution in [0, 0.1) is 11.3 Å². The fourth-order valence-electron chi connectivity index (χ4n) is 2.21. The van der Waals surface area contributed by atoms with E-state index in [1.165, 1.54) is 12.1 Å². The van der Waals surface area contributed by atoms with Crippen LogP contribution in [0.15, 0.2) is 59.4 Å². The number of carbonyl (C=O) groups is 1. The van der Waals surface area contributed by atoms with E-state index in [0.717, 1.165) is 10.9 Å². The van der Waals surface area contributed by atoms with E-state index in [0.29, 0.717) is 16.7 Å². The standard InChI is InChI=1S/C18H12N2O3/c19-10-12-5-7-13(8-6-12)18(22)23-11-15-9-14-3-1-2-4-16(14)20-17(15)21/h1-9H,11H2,(H,20,21). The molecule has 0 bridgehead atoms. The van der Waals surface area contributed by atoms with Crippen LogP contribution >= 0.6 is 0 Å². The van der Waals surface area contributed by atoms with Gasteiger partial charge in [0.15, 0.2) is 0 Å². The van der Waals surface area contributed by atoms with E-state index in [9.17, 15) is 9.59 Å². The summed E-state index contributed by atoms with van der Waals surface area (Å²) in [6.45, 7) is -0.112. The van der Waals surface area contributed by atoms with Crippen molar-refractivity contribution in [1.82, 2.24) is 4.98 Å². The van der Waals surface area contributed by atoms with Crippen LogP contribution in [0.5, 0.6) is 0 Å². The molecule has 0 aliphatic carbocycles. The van der Waals surface area contributed by atoms with E-state index in [-0.39, 0.29) is 12.2 Å². The van der Waals surface area contributed by atoms with Gasteiger partial charge in [0.25, 0.3) is 5.56 Å². The molecule has 0 spiro atoms. The van der Waals surface area contributed by atoms with Gasteiger partial charge in [-0.1, -0.05) is 18.2 Å². The summed E-state index contributed by atoms with van der Waals surface area (Å²) in [5.74, 6) is -0.540. The molecule has 3 rings (SSSR count). The van der Waals surface area contributed by atoms with E-state index in [4.69, 9.17) is 10.00 Å². The minimum atomic E-state index is -0.540. The van der Waals surface area contributed by atoms with E-state index >= 15 is 0 Å². The molecule has 1 heterocycles. The predicted molar refractivity (Wildman–Crippen MR) is 84.8 cm³/mol. The Morgan fingerprint density at radius 3 is 2.61 bits per heavy atom. The lowest BCUT2D eigenvalue weighted by Crippen LogP contribution is -2.15. The van der Waals surface area contributed by atoms with Gasteiger partial charge in [0.2, 0.25) is 0 Å². The Hall–Kier alpha value is -3.39. The maximum Gasteiger partial charge on any atom is 0.338 e. The van der Waals surface area contributed by atoms with Crippen molar-refractivity contribution in [2.45, 2.75) is 6.61 Å². The van der Waals surface area contributed by atoms with E-state index in [1.807, 2.05) is 30.3 Å². The first kappa shape index (κ1) is 14.5. The van der Waals surface area contributed by atoms with Crippen LogP contribution in [0.1, 0.15) is 21.5 Å². The van der Waals surface area contributed by atoms with Gasteiger partial charge in [-0.05, 0) is 41.8 Å². The molecule has 112 valence electrons. The van der Waals surface area contributed by atoms with Gasteiger partial charge in [0.1, 0.15) is 6.61 Å². The van der Waals surface area contributed by atoms with Gasteiger partial charge in [0, 0.05) is 5.52 Å². The number of hydrogen-bond acceptors (Lipinski definition) is 4. The van der Waals surface area contributed by atoms with Gasteiger partial charge < -0.3 is 9.72 Å². The SMILES string of the molecule is N#Cc1ccc(C(=O)OCc2cc3ccccc3[nH]c2=O)cc1. The zero-order valence-electron chi connectivity index (χ0n) is 12.1. The molecule has 23 heavy (non-hydrogen) atoms. The summed E-state index contributed by atoms with van der Waals surface area (Å²) in [6.07, 6.45) is 0. The molecule has 0 unspecified atom stereocenters. The molecule has 2 aromatic carbocycles. The van der Waals surface area contributed by atoms with E-state index in [1.54, 1.807) is 18.2 Å². The first-order valence-electron chi connectivity index (χ1n) is 6.95. The van der Waals surface area contributed by atoms with Crippen molar-refractivity contribution in [3.63, 3.8) is 0 Å². The predicted octanol–water partition coefficient (Wildman–Crippen LogP) is 2.76. The molecule has 3 aromatic rings. The number of nitrogens with zero attached hydrogens (tertiary/aromatic N) is 1. The van der Waals surface area contributed by atoms with Crippen LogP contribution in [0.25, 0.3) is 10.9 Å². The number of aromatic nitrogens is 1. The Bertz CT molecular complexity index is 966. The summed E-state index contributed by atoms with van der Waals surface area (Å²) in [6, 6.07) is 17.2. The third kappa shape index (κ3) is 3.11. The number of nitrogens with one attached hydrogen (secondary N) is 1. The highest BCUT2D eigenvalue weighted by atomic mass is 16.5. The van der Waals surface area contributed by atoms with Crippen molar-refractivity contribution >= 4 is 16.9 Å². The summed E-state index contributed by atoms with van der Waals surface area (Å²) < 4.78 is 5.18. The molecule has 5 heteroatoms. The molecule has 0 amide bonds. The molecule has 0 radical (unpaired) electrons. The summed E-state index contributed by atoms with van der Waals surface area (Å²) in [4.78, 5) is 26.7. The van der Waals surface area contributed by atoms with Gasteiger partial charge in [0.05, 0.1) is 22.8 Å². The van der Waals surface area contributed by atoms with E-state index in [2.05, 4.69) is 4.98 Å². The number of benzene rings is 2. The minimum absolute atomic E-state index is 0.112. The Morgan fingerprint density at radius 2 is 1.87 bits per heavy atom. The molecular weight excluding hydrogens is 292 g/mol. The third-order valence-electron chi connectivity index (χ3n) is 3.44. The summed E-state index contributed by atoms with van der Waals surface area (Å²) >= 11 is 0. The summed E-state index contributed by atoms with van der Waals surface area (Å²) in [7, 11) is 0. The first-order chi connectivity index (χ1) is 11.2. The average molecular weight is 304 g/mol. The van der Waals surface area contributed by atoms with Crippen molar-refractivity contribution in [2.24, 2.45) is 0 Å². The average Bonchev–Trinajstić information content (AvgIpc) is 2.59. The first-order valence-corrected chi connectivity index (χ1v) is 6.95. The molecule has 0 atom stereocenters. The van der Waals surface area contributed by atoms with Crippen LogP contribution in [0.4, 0.5) is 0 Å². The quantitative estimate of drug-likeness (QED) is 0.754. The number of H-pyrrole nitrogens is 1. The number of esters is 1. The lowest BCUT2D eigenvalue weighted by atomic mass is 10.1. The number of hydrogen-bond donors (Lipinski definition) is 1. The van der Waals surface area contributed by atoms with Gasteiger partial charge in [-0.25, -0.2) is 4.79 Å². The number of ether oxygens (including phenoxy) is 1. The molecule has 5 nitrogen and oxygen atoms in total. The van der Waals surface area contributed by atoms with Crippen molar-refractivity contribution in [3.8, 4) is 6.07 Å². The number of pyridine rings is 1. The second-order valence-corrected chi connectivity index (χ2v) is 4.98. The normalized spacial score (nSPS) is 10.2. The molecule has 0 saturated carbocycles. The molecule has 0 saturated heterocycles. The number of nitriles is 1. The number of rotatable bonds is 3. The molecule has 1 aromatic heterocycles. The number of para-hydroxylation sites is 1. The Morgan fingerprint density at radius 1 is 1.13 bits per heavy atom. The smallest absolute Gasteiger partial charge is 0.338 e. The number of carbonyl (C=O) groups excluding carboxylic acids is 1. The van der Waals surface area contributed by atoms with Crippen LogP contribution in [-0.2, 0) is 11.3 Å². The lowest BCUT2D eigenvalue weighted by Gasteiger charge is -2.06. The summed E-state index contributed by atoms with van der Waals surface area (Å²) in [5, 5.41) is 9.60. The monoisotopic (exact) mass is 304 g/mol. The zero-order valence-corrected chi connectivity index (χ0v) is 12.1. The highest BCUT2D eigenvalue weighted by molar-refractivity contribution is 5.89. The third-order valence-corrected chi connectivity index (χ3v) is 3.44. The van der Waals surface area contributed by atoms with Gasteiger partial charge >= 0.3 is 5.97 Å². The van der Waals surface area contributed by atoms with Gasteiger partial charge in [-0.3, -0.25) is 4.79 Å². The topological polar surface area (TPSA) is 82.9 Å². The second kappa shape index (κ2) is 6.16. The Kier molecular flexibility index (Phi) is 3.89. The van der Waals surface area contributed by atoms with Gasteiger partial charge in [-0.15, -0.1) is 0 Å². The molecular formula is C18H12N2O3. The molecule has 0 aliphatic rings. The highest BCUT2D eigenvalue weighted by Gasteiger charge is 2.09. The number of fused-ring (bicyclic) bond motifs is 1. The Balaban J connectivity index is 1.77. The van der Waals surface area contributed by atoms with Crippen molar-refractivity contribution in [3.05, 3.63) is 81.6 Å². The zero-order chi connectivity index (χ0) is 16.2. The van der Waals surface area contributed by atoms with E-state index < -0.39 is 5.97 Å². The van der Waals surface area contributed by atoms with Crippen LogP contribution in [-0.4, -0.2) is 11.0 Å². The highest BCUT2D eigenvalue weighted by Crippen LogP contribution is 2.11. The van der Waals surface area contributed by atoms with Crippen molar-refractivity contribution < 1.29 is 9.53 Å². The summed E-state index contributed by atoms with van der Waals surface area (Å²) in [5.41, 5.74) is 1.63. The molecule has 1 N–H and O–H groups in total. The minimum Gasteiger partial charge on any atom is -0.457 e. The van der Waals surface area contributed by atoms with Crippen LogP contribution in [0.3, 0.4) is 0 Å². The van der Waals surface area contributed by atoms with Crippen molar-refractivity contribution in [2.75, 3.05) is 0 Å². The molecule has 0 fully saturated rings. The van der Waals surface area contributed by atoms with Gasteiger partial charge in [-0.2, -0.15) is 5.26 Å². The van der Waals surface area contributed by atoms with Crippen LogP contribution < -0.4 is 5.56 Å². The van der Waals surface area contributed by atoms with Crippen LogP contribution in [0.2, 0.25) is 0 Å². The maximum atomic E-state index is 12.0. The lowest BCUT2D eigenvalue weighted by molar-refractivity contribution is 0.0471. The van der Waals surface area contributed by atoms with Crippen molar-refractivity contribution in [1.29, 1.82) is 5.26 Å². The number of aromatic amines is 1. The Labute approximate surface area is 131 Å². The fraction of sp³-hybridized carbons (Fsp3) is 0.0556. The molecule has 0 aliphatic heterocycles. The largest absolute Gasteiger partial charge is 0.457 e. The second-order valence-electron chi connectivity index (χ2n) is 4.98. The maximum absolute atomic E-state index is 12.0.